The average molecular weight is 391 g/mol. The summed E-state index contributed by atoms with van der Waals surface area (Å²) >= 11 is 7.54. The van der Waals surface area contributed by atoms with Crippen LogP contribution in [-0.2, 0) is 11.2 Å². The highest BCUT2D eigenvalue weighted by molar-refractivity contribution is 7.22. The number of carbonyl (C=O) groups excluding carboxylic acids is 1. The molecule has 0 saturated carbocycles. The quantitative estimate of drug-likeness (QED) is 0.621. The molecule has 0 aliphatic rings. The second kappa shape index (κ2) is 8.38. The van der Waals surface area contributed by atoms with Crippen LogP contribution in [0.25, 0.3) is 10.2 Å². The molecule has 0 radical (unpaired) electrons. The van der Waals surface area contributed by atoms with E-state index >= 15 is 0 Å². The first-order valence-corrected chi connectivity index (χ1v) is 9.44. The molecule has 136 valence electrons. The number of anilines is 1. The third-order valence-corrected chi connectivity index (χ3v) is 5.00. The fraction of sp³-hybridized carbons (Fsp3) is 0.263. The van der Waals surface area contributed by atoms with Crippen molar-refractivity contribution in [1.29, 1.82) is 0 Å². The molecule has 0 fully saturated rings. The van der Waals surface area contributed by atoms with Gasteiger partial charge < -0.3 is 14.8 Å². The number of ether oxygens (including phenoxy) is 2. The van der Waals surface area contributed by atoms with Gasteiger partial charge in [0.2, 0.25) is 5.91 Å². The lowest BCUT2D eigenvalue weighted by Gasteiger charge is -2.06. The van der Waals surface area contributed by atoms with Crippen molar-refractivity contribution >= 4 is 44.2 Å². The van der Waals surface area contributed by atoms with Gasteiger partial charge in [0.25, 0.3) is 0 Å². The highest BCUT2D eigenvalue weighted by atomic mass is 35.5. The summed E-state index contributed by atoms with van der Waals surface area (Å²) in [6.45, 7) is 2.56. The summed E-state index contributed by atoms with van der Waals surface area (Å²) in [6, 6.07) is 11.2. The Morgan fingerprint density at radius 3 is 2.85 bits per heavy atom. The molecule has 1 aromatic heterocycles. The van der Waals surface area contributed by atoms with E-state index in [4.69, 9.17) is 21.1 Å². The van der Waals surface area contributed by atoms with Crippen molar-refractivity contribution in [2.75, 3.05) is 19.0 Å². The topological polar surface area (TPSA) is 60.5 Å². The smallest absolute Gasteiger partial charge is 0.226 e. The van der Waals surface area contributed by atoms with Crippen molar-refractivity contribution in [3.63, 3.8) is 0 Å². The summed E-state index contributed by atoms with van der Waals surface area (Å²) in [6.07, 6.45) is 0.942. The first-order chi connectivity index (χ1) is 12.6. The van der Waals surface area contributed by atoms with Crippen molar-refractivity contribution in [3.05, 3.63) is 47.0 Å². The van der Waals surface area contributed by atoms with Gasteiger partial charge in [-0.3, -0.25) is 4.79 Å². The van der Waals surface area contributed by atoms with Gasteiger partial charge in [-0.25, -0.2) is 4.98 Å². The molecule has 0 atom stereocenters. The van der Waals surface area contributed by atoms with Crippen molar-refractivity contribution in [1.82, 2.24) is 4.98 Å². The molecule has 3 aromatic rings. The van der Waals surface area contributed by atoms with Gasteiger partial charge in [-0.15, -0.1) is 0 Å². The van der Waals surface area contributed by atoms with Crippen LogP contribution < -0.4 is 14.8 Å². The lowest BCUT2D eigenvalue weighted by molar-refractivity contribution is -0.116. The Morgan fingerprint density at radius 2 is 2.12 bits per heavy atom. The van der Waals surface area contributed by atoms with E-state index in [0.717, 1.165) is 21.5 Å². The van der Waals surface area contributed by atoms with Gasteiger partial charge in [0.15, 0.2) is 5.13 Å². The molecular weight excluding hydrogens is 372 g/mol. The standard InChI is InChI=1S/C19H19ClN2O3S/c1-3-25-13-6-7-15-17(11-13)26-19(21-15)22-18(23)9-5-12-4-8-16(24-2)14(20)10-12/h4,6-8,10-11H,3,5,9H2,1-2H3,(H,21,22,23). The van der Waals surface area contributed by atoms with Crippen LogP contribution in [0.4, 0.5) is 5.13 Å². The third kappa shape index (κ3) is 4.45. The zero-order valence-electron chi connectivity index (χ0n) is 14.5. The van der Waals surface area contributed by atoms with Crippen LogP contribution in [0.5, 0.6) is 11.5 Å². The monoisotopic (exact) mass is 390 g/mol. The van der Waals surface area contributed by atoms with Gasteiger partial charge in [0, 0.05) is 6.42 Å². The molecule has 0 saturated heterocycles. The average Bonchev–Trinajstić information content (AvgIpc) is 3.02. The number of methoxy groups -OCH3 is 1. The van der Waals surface area contributed by atoms with E-state index in [1.807, 2.05) is 37.3 Å². The molecule has 26 heavy (non-hydrogen) atoms. The van der Waals surface area contributed by atoms with Crippen LogP contribution in [0.3, 0.4) is 0 Å². The molecule has 0 aliphatic heterocycles. The molecule has 1 amide bonds. The number of hydrogen-bond acceptors (Lipinski definition) is 5. The van der Waals surface area contributed by atoms with Gasteiger partial charge >= 0.3 is 0 Å². The minimum absolute atomic E-state index is 0.0824. The Bertz CT molecular complexity index is 926. The fourth-order valence-electron chi connectivity index (χ4n) is 2.52. The van der Waals surface area contributed by atoms with Crippen molar-refractivity contribution in [2.45, 2.75) is 19.8 Å². The number of fused-ring (bicyclic) bond motifs is 1. The summed E-state index contributed by atoms with van der Waals surface area (Å²) in [5.74, 6) is 1.35. The van der Waals surface area contributed by atoms with Crippen LogP contribution in [0, 0.1) is 0 Å². The first-order valence-electron chi connectivity index (χ1n) is 8.24. The maximum Gasteiger partial charge on any atom is 0.226 e. The van der Waals surface area contributed by atoms with Gasteiger partial charge in [-0.2, -0.15) is 0 Å². The van der Waals surface area contributed by atoms with Gasteiger partial charge in [-0.1, -0.05) is 29.0 Å². The minimum Gasteiger partial charge on any atom is -0.495 e. The maximum absolute atomic E-state index is 12.2. The van der Waals surface area contributed by atoms with Crippen LogP contribution in [0.1, 0.15) is 18.9 Å². The number of nitrogens with one attached hydrogen (secondary N) is 1. The number of halogens is 1. The molecule has 5 nitrogen and oxygen atoms in total. The predicted molar refractivity (Wildman–Crippen MR) is 106 cm³/mol. The van der Waals surface area contributed by atoms with E-state index in [2.05, 4.69) is 10.3 Å². The maximum atomic E-state index is 12.2. The molecule has 0 spiro atoms. The SMILES string of the molecule is CCOc1ccc2nc(NC(=O)CCc3ccc(OC)c(Cl)c3)sc2c1. The third-order valence-electron chi connectivity index (χ3n) is 3.77. The molecule has 1 N–H and O–H groups in total. The number of hydrogen-bond donors (Lipinski definition) is 1. The number of amides is 1. The second-order valence-electron chi connectivity index (χ2n) is 5.60. The lowest BCUT2D eigenvalue weighted by atomic mass is 10.1. The molecule has 1 heterocycles. The van der Waals surface area contributed by atoms with Crippen LogP contribution in [-0.4, -0.2) is 24.6 Å². The molecular formula is C19H19ClN2O3S. The molecule has 0 bridgehead atoms. The Morgan fingerprint density at radius 1 is 1.27 bits per heavy atom. The van der Waals surface area contributed by atoms with E-state index in [-0.39, 0.29) is 5.91 Å². The number of nitrogens with zero attached hydrogens (tertiary/aromatic N) is 1. The first kappa shape index (κ1) is 18.5. The summed E-state index contributed by atoms with van der Waals surface area (Å²) in [5.41, 5.74) is 1.83. The van der Waals surface area contributed by atoms with Crippen molar-refractivity contribution in [2.24, 2.45) is 0 Å². The lowest BCUT2D eigenvalue weighted by Crippen LogP contribution is -2.12. The molecule has 2 aromatic carbocycles. The number of carbonyl (C=O) groups is 1. The van der Waals surface area contributed by atoms with Crippen LogP contribution >= 0.6 is 22.9 Å². The fourth-order valence-corrected chi connectivity index (χ4v) is 3.71. The minimum atomic E-state index is -0.0824. The Balaban J connectivity index is 1.61. The van der Waals surface area contributed by atoms with Crippen molar-refractivity contribution in [3.8, 4) is 11.5 Å². The summed E-state index contributed by atoms with van der Waals surface area (Å²) < 4.78 is 11.6. The Hall–Kier alpha value is -2.31. The van der Waals surface area contributed by atoms with Crippen LogP contribution in [0.15, 0.2) is 36.4 Å². The number of aryl methyl sites for hydroxylation is 1. The zero-order chi connectivity index (χ0) is 18.5. The van der Waals surface area contributed by atoms with Gasteiger partial charge in [-0.05, 0) is 49.2 Å². The van der Waals surface area contributed by atoms with E-state index in [0.29, 0.717) is 35.4 Å². The van der Waals surface area contributed by atoms with E-state index in [9.17, 15) is 4.79 Å². The van der Waals surface area contributed by atoms with Gasteiger partial charge in [0.05, 0.1) is 29.0 Å². The highest BCUT2D eigenvalue weighted by Gasteiger charge is 2.10. The van der Waals surface area contributed by atoms with Crippen LogP contribution in [0.2, 0.25) is 5.02 Å². The molecule has 7 heteroatoms. The zero-order valence-corrected chi connectivity index (χ0v) is 16.1. The Labute approximate surface area is 160 Å². The van der Waals surface area contributed by atoms with E-state index in [1.54, 1.807) is 13.2 Å². The highest BCUT2D eigenvalue weighted by Crippen LogP contribution is 2.29. The molecule has 0 aliphatic carbocycles. The molecule has 3 rings (SSSR count). The van der Waals surface area contributed by atoms with Crippen molar-refractivity contribution < 1.29 is 14.3 Å². The predicted octanol–water partition coefficient (Wildman–Crippen LogP) is 4.93. The van der Waals surface area contributed by atoms with E-state index in [1.165, 1.54) is 11.3 Å². The largest absolute Gasteiger partial charge is 0.495 e. The normalized spacial score (nSPS) is 10.7. The number of benzene rings is 2. The van der Waals surface area contributed by atoms with Gasteiger partial charge in [0.1, 0.15) is 11.5 Å². The van der Waals surface area contributed by atoms with E-state index < -0.39 is 0 Å². The number of thiazole rings is 1. The summed E-state index contributed by atoms with van der Waals surface area (Å²) in [4.78, 5) is 16.7. The molecule has 0 unspecified atom stereocenters. The second-order valence-corrected chi connectivity index (χ2v) is 7.04. The Kier molecular flexibility index (Phi) is 5.96. The number of rotatable bonds is 7. The summed E-state index contributed by atoms with van der Waals surface area (Å²) in [7, 11) is 1.57. The summed E-state index contributed by atoms with van der Waals surface area (Å²) in [5, 5.41) is 3.99. The number of aromatic nitrogens is 1.